The molecule has 0 saturated carbocycles. The summed E-state index contributed by atoms with van der Waals surface area (Å²) in [5.41, 5.74) is -5.92. The van der Waals surface area contributed by atoms with Crippen molar-refractivity contribution in [2.45, 2.75) is 19.2 Å². The number of rotatable bonds is 7. The number of aromatic nitrogens is 2. The monoisotopic (exact) mass is 512 g/mol. The van der Waals surface area contributed by atoms with Crippen LogP contribution in [0.5, 0.6) is 0 Å². The van der Waals surface area contributed by atoms with Crippen LogP contribution in [0, 0.1) is 5.82 Å². The molecular weight excluding hydrogens is 496 g/mol. The van der Waals surface area contributed by atoms with E-state index in [1.165, 1.54) is 18.7 Å². The first-order chi connectivity index (χ1) is 15.3. The van der Waals surface area contributed by atoms with Crippen LogP contribution in [-0.2, 0) is 27.5 Å². The summed E-state index contributed by atoms with van der Waals surface area (Å²) in [6.07, 6.45) is -4.59. The number of thioether (sulfide) groups is 1. The first-order valence-corrected chi connectivity index (χ1v) is 10.8. The minimum atomic E-state index is -5.01. The highest BCUT2D eigenvalue weighted by Gasteiger charge is 2.35. The van der Waals surface area contributed by atoms with Gasteiger partial charge >= 0.3 is 23.8 Å². The molecule has 2 rings (SSSR count). The smallest absolute Gasteiger partial charge is 0.431 e. The van der Waals surface area contributed by atoms with Crippen LogP contribution in [0.15, 0.2) is 27.8 Å². The van der Waals surface area contributed by atoms with Gasteiger partial charge in [0.15, 0.2) is 6.10 Å². The lowest BCUT2D eigenvalue weighted by Crippen LogP contribution is -2.41. The highest BCUT2D eigenvalue weighted by Crippen LogP contribution is 2.28. The van der Waals surface area contributed by atoms with Crippen molar-refractivity contribution < 1.29 is 36.6 Å². The molecular formula is C19H17ClF4N2O6S. The number of carbonyl (C=O) groups excluding carboxylic acids is 2. The lowest BCUT2D eigenvalue weighted by Gasteiger charge is -2.16. The van der Waals surface area contributed by atoms with Crippen LogP contribution in [0.2, 0.25) is 5.02 Å². The Bertz CT molecular complexity index is 1190. The molecule has 8 nitrogen and oxygen atoms in total. The highest BCUT2D eigenvalue weighted by molar-refractivity contribution is 7.98. The Hall–Kier alpha value is -2.80. The van der Waals surface area contributed by atoms with Gasteiger partial charge in [-0.25, -0.2) is 23.3 Å². The zero-order valence-corrected chi connectivity index (χ0v) is 18.9. The van der Waals surface area contributed by atoms with Crippen LogP contribution >= 0.6 is 23.4 Å². The first-order valence-electron chi connectivity index (χ1n) is 9.05. The zero-order valence-electron chi connectivity index (χ0n) is 17.4. The summed E-state index contributed by atoms with van der Waals surface area (Å²) in [7, 11) is 0.744. The largest absolute Gasteiger partial charge is 0.462 e. The van der Waals surface area contributed by atoms with E-state index in [2.05, 4.69) is 0 Å². The van der Waals surface area contributed by atoms with E-state index in [0.29, 0.717) is 17.9 Å². The summed E-state index contributed by atoms with van der Waals surface area (Å²) in [5, 5.41) is -0.485. The fourth-order valence-electron chi connectivity index (χ4n) is 2.60. The van der Waals surface area contributed by atoms with E-state index in [1.54, 1.807) is 6.26 Å². The Morgan fingerprint density at radius 2 is 1.85 bits per heavy atom. The molecule has 180 valence electrons. The van der Waals surface area contributed by atoms with Crippen LogP contribution in [0.25, 0.3) is 5.69 Å². The third-order valence-corrected chi connectivity index (χ3v) is 5.14. The first kappa shape index (κ1) is 26.5. The van der Waals surface area contributed by atoms with Gasteiger partial charge in [0.05, 0.1) is 16.3 Å². The molecule has 1 atom stereocenters. The number of hydrogen-bond acceptors (Lipinski definition) is 7. The summed E-state index contributed by atoms with van der Waals surface area (Å²) in [5.74, 6) is -2.83. The average Bonchev–Trinajstić information content (AvgIpc) is 2.71. The van der Waals surface area contributed by atoms with Crippen LogP contribution in [0.4, 0.5) is 17.6 Å². The van der Waals surface area contributed by atoms with Gasteiger partial charge in [-0.3, -0.25) is 9.36 Å². The van der Waals surface area contributed by atoms with Gasteiger partial charge in [-0.1, -0.05) is 11.6 Å². The van der Waals surface area contributed by atoms with Gasteiger partial charge in [-0.2, -0.15) is 24.9 Å². The molecule has 1 aromatic carbocycles. The van der Waals surface area contributed by atoms with E-state index >= 15 is 0 Å². The number of alkyl halides is 3. The fourth-order valence-corrected chi connectivity index (χ4v) is 3.08. The number of ether oxygens (including phenoxy) is 2. The molecule has 14 heteroatoms. The van der Waals surface area contributed by atoms with E-state index in [4.69, 9.17) is 21.1 Å². The van der Waals surface area contributed by atoms with Crippen molar-refractivity contribution in [2.75, 3.05) is 18.6 Å². The Balaban J connectivity index is 2.47. The predicted octanol–water partition coefficient (Wildman–Crippen LogP) is 2.80. The second kappa shape index (κ2) is 10.4. The summed E-state index contributed by atoms with van der Waals surface area (Å²) < 4.78 is 63.7. The minimum absolute atomic E-state index is 0.0729. The third-order valence-electron chi connectivity index (χ3n) is 4.26. The van der Waals surface area contributed by atoms with Crippen molar-refractivity contribution >= 4 is 35.3 Å². The Labute approximate surface area is 193 Å². The fraction of sp³-hybridized carbons (Fsp3) is 0.368. The van der Waals surface area contributed by atoms with Gasteiger partial charge in [0.1, 0.15) is 18.1 Å². The van der Waals surface area contributed by atoms with Crippen molar-refractivity contribution in [2.24, 2.45) is 7.05 Å². The normalized spacial score (nSPS) is 12.4. The number of carbonyl (C=O) groups is 2. The quantitative estimate of drug-likeness (QED) is 0.320. The molecule has 0 saturated heterocycles. The predicted molar refractivity (Wildman–Crippen MR) is 111 cm³/mol. The Morgan fingerprint density at radius 3 is 2.42 bits per heavy atom. The van der Waals surface area contributed by atoms with Crippen molar-refractivity contribution in [1.82, 2.24) is 9.13 Å². The molecule has 0 radical (unpaired) electrons. The Kier molecular flexibility index (Phi) is 8.36. The van der Waals surface area contributed by atoms with Gasteiger partial charge in [-0.05, 0) is 25.3 Å². The van der Waals surface area contributed by atoms with Gasteiger partial charge < -0.3 is 9.47 Å². The summed E-state index contributed by atoms with van der Waals surface area (Å²) in [6.45, 7) is 1.29. The zero-order chi connectivity index (χ0) is 25.1. The van der Waals surface area contributed by atoms with Gasteiger partial charge in [0, 0.05) is 18.9 Å². The molecule has 0 amide bonds. The molecule has 0 N–H and O–H groups in total. The standard InChI is InChI=1S/C19H17ClF4N2O6S/c1-9(16(28)31-4-5-33-3)32-17(29)10-6-13(12(21)7-11(10)20)26-15(27)8-14(19(22,23)24)25(2)18(26)30/h6-9H,4-5H2,1-3H3. The van der Waals surface area contributed by atoms with Crippen LogP contribution in [-0.4, -0.2) is 45.8 Å². The topological polar surface area (TPSA) is 96.6 Å². The van der Waals surface area contributed by atoms with Crippen molar-refractivity contribution in [1.29, 1.82) is 0 Å². The number of nitrogens with zero attached hydrogens (tertiary/aromatic N) is 2. The maximum absolute atomic E-state index is 14.5. The maximum atomic E-state index is 14.5. The molecule has 33 heavy (non-hydrogen) atoms. The van der Waals surface area contributed by atoms with Crippen molar-refractivity contribution in [3.63, 3.8) is 0 Å². The van der Waals surface area contributed by atoms with Crippen LogP contribution in [0.3, 0.4) is 0 Å². The minimum Gasteiger partial charge on any atom is -0.462 e. The maximum Gasteiger partial charge on any atom is 0.431 e. The number of hydrogen-bond donors (Lipinski definition) is 0. The number of halogens is 5. The molecule has 0 spiro atoms. The third kappa shape index (κ3) is 5.96. The summed E-state index contributed by atoms with van der Waals surface area (Å²) in [6, 6.07) is 1.36. The van der Waals surface area contributed by atoms with Crippen LogP contribution in [0.1, 0.15) is 23.0 Å². The number of esters is 2. The number of benzene rings is 1. The molecule has 0 fully saturated rings. The molecule has 1 heterocycles. The summed E-state index contributed by atoms with van der Waals surface area (Å²) in [4.78, 5) is 49.0. The molecule has 0 aliphatic carbocycles. The molecule has 2 aromatic rings. The summed E-state index contributed by atoms with van der Waals surface area (Å²) >= 11 is 7.28. The molecule has 1 aromatic heterocycles. The van der Waals surface area contributed by atoms with Gasteiger partial charge in [0.25, 0.3) is 5.56 Å². The van der Waals surface area contributed by atoms with Crippen molar-refractivity contribution in [3.8, 4) is 5.69 Å². The van der Waals surface area contributed by atoms with Gasteiger partial charge in [-0.15, -0.1) is 0 Å². The second-order valence-corrected chi connectivity index (χ2v) is 7.93. The SMILES string of the molecule is CSCCOC(=O)C(C)OC(=O)c1cc(-n2c(=O)cc(C(F)(F)F)n(C)c2=O)c(F)cc1Cl. The molecule has 0 aliphatic rings. The van der Waals surface area contributed by atoms with Crippen molar-refractivity contribution in [3.05, 3.63) is 61.1 Å². The average molecular weight is 513 g/mol. The second-order valence-electron chi connectivity index (χ2n) is 6.53. The lowest BCUT2D eigenvalue weighted by atomic mass is 10.2. The van der Waals surface area contributed by atoms with E-state index in [9.17, 15) is 36.7 Å². The van der Waals surface area contributed by atoms with E-state index in [0.717, 1.165) is 7.05 Å². The van der Waals surface area contributed by atoms with Gasteiger partial charge in [0.2, 0.25) is 0 Å². The molecule has 0 aliphatic heterocycles. The van der Waals surface area contributed by atoms with E-state index < -0.39 is 63.3 Å². The Morgan fingerprint density at radius 1 is 1.21 bits per heavy atom. The van der Waals surface area contributed by atoms with E-state index in [1.807, 2.05) is 0 Å². The molecule has 0 bridgehead atoms. The lowest BCUT2D eigenvalue weighted by molar-refractivity contribution is -0.152. The van der Waals surface area contributed by atoms with Crippen LogP contribution < -0.4 is 11.2 Å². The van der Waals surface area contributed by atoms with E-state index in [-0.39, 0.29) is 21.8 Å². The molecule has 1 unspecified atom stereocenters. The highest BCUT2D eigenvalue weighted by atomic mass is 35.5.